The fourth-order valence-corrected chi connectivity index (χ4v) is 6.25. The second kappa shape index (κ2) is 16.2. The minimum atomic E-state index is -5.06. The molecule has 9 nitrogen and oxygen atoms in total. The average Bonchev–Trinajstić information content (AvgIpc) is 2.97. The highest BCUT2D eigenvalue weighted by Gasteiger charge is 2.51. The van der Waals surface area contributed by atoms with Gasteiger partial charge < -0.3 is 26.0 Å². The number of carbonyl (C=O) groups is 3. The number of nitrogens with zero attached hydrogens (tertiary/aromatic N) is 3. The third-order valence-corrected chi connectivity index (χ3v) is 8.67. The SMILES string of the molecule is CSCCCN1CC2N(C(=O)OCc3cc(C(F)(F)F)cc(C(F)(F)F)c3)C(CCCCN)CC(=O)N2[C@@H](CCCCN)C1=O. The minimum Gasteiger partial charge on any atom is -0.444 e. The molecule has 2 fully saturated rings. The third-order valence-electron chi connectivity index (χ3n) is 7.97. The quantitative estimate of drug-likeness (QED) is 0.215. The van der Waals surface area contributed by atoms with E-state index in [-0.39, 0.29) is 30.8 Å². The number of unbranched alkanes of at least 4 members (excludes halogenated alkanes) is 2. The predicted molar refractivity (Wildman–Crippen MR) is 157 cm³/mol. The van der Waals surface area contributed by atoms with Crippen LogP contribution >= 0.6 is 11.8 Å². The molecule has 0 spiro atoms. The van der Waals surface area contributed by atoms with Gasteiger partial charge in [0.15, 0.2) is 0 Å². The van der Waals surface area contributed by atoms with Crippen LogP contribution in [-0.4, -0.2) is 89.0 Å². The van der Waals surface area contributed by atoms with Crippen molar-refractivity contribution < 1.29 is 45.5 Å². The van der Waals surface area contributed by atoms with Crippen LogP contribution in [0.3, 0.4) is 0 Å². The molecule has 3 atom stereocenters. The van der Waals surface area contributed by atoms with Crippen LogP contribution in [0.1, 0.15) is 68.1 Å². The average molecular weight is 670 g/mol. The van der Waals surface area contributed by atoms with Crippen molar-refractivity contribution in [2.24, 2.45) is 11.5 Å². The maximum Gasteiger partial charge on any atom is 0.416 e. The molecule has 0 aromatic heterocycles. The lowest BCUT2D eigenvalue weighted by Crippen LogP contribution is -2.73. The highest BCUT2D eigenvalue weighted by atomic mass is 32.2. The number of hydrogen-bond acceptors (Lipinski definition) is 7. The summed E-state index contributed by atoms with van der Waals surface area (Å²) in [6, 6.07) is -0.505. The molecule has 2 aliphatic rings. The summed E-state index contributed by atoms with van der Waals surface area (Å²) in [5.74, 6) is 0.222. The van der Waals surface area contributed by atoms with Gasteiger partial charge in [0, 0.05) is 19.0 Å². The third kappa shape index (κ3) is 9.64. The van der Waals surface area contributed by atoms with E-state index >= 15 is 0 Å². The van der Waals surface area contributed by atoms with Crippen LogP contribution in [0, 0.1) is 0 Å². The maximum atomic E-state index is 13.7. The van der Waals surface area contributed by atoms with Gasteiger partial charge in [-0.3, -0.25) is 14.5 Å². The van der Waals surface area contributed by atoms with Crippen LogP contribution in [0.15, 0.2) is 18.2 Å². The van der Waals surface area contributed by atoms with E-state index in [1.165, 1.54) is 9.80 Å². The van der Waals surface area contributed by atoms with Crippen LogP contribution in [0.25, 0.3) is 0 Å². The van der Waals surface area contributed by atoms with Gasteiger partial charge in [0.2, 0.25) is 11.8 Å². The summed E-state index contributed by atoms with van der Waals surface area (Å²) in [5, 5.41) is 0. The van der Waals surface area contributed by atoms with Crippen molar-refractivity contribution >= 4 is 29.7 Å². The Morgan fingerprint density at radius 2 is 1.53 bits per heavy atom. The number of rotatable bonds is 14. The van der Waals surface area contributed by atoms with E-state index in [1.807, 2.05) is 6.26 Å². The summed E-state index contributed by atoms with van der Waals surface area (Å²) in [5.41, 5.74) is 7.75. The first-order chi connectivity index (χ1) is 21.2. The molecule has 0 radical (unpaired) electrons. The molecule has 45 heavy (non-hydrogen) atoms. The molecule has 1 aromatic carbocycles. The van der Waals surface area contributed by atoms with Crippen molar-refractivity contribution in [1.82, 2.24) is 14.7 Å². The van der Waals surface area contributed by atoms with Crippen molar-refractivity contribution in [3.8, 4) is 0 Å². The standard InChI is InChI=1S/C29H41F6N5O4S/c1-45-12-6-11-38-17-24-39(27(43)44-18-19-13-20(28(30,31)32)15-21(14-19)29(33,34)35)22(7-2-4-9-36)16-25(41)40(24)23(26(38)42)8-3-5-10-37/h13-15,22-24H,2-12,16-18,36-37H2,1H3/t22?,23-,24?/m0/s1. The lowest BCUT2D eigenvalue weighted by molar-refractivity contribution is -0.172. The topological polar surface area (TPSA) is 122 Å². The van der Waals surface area contributed by atoms with Gasteiger partial charge in [0.1, 0.15) is 18.8 Å². The smallest absolute Gasteiger partial charge is 0.416 e. The Balaban J connectivity index is 1.95. The molecule has 0 aliphatic carbocycles. The second-order valence-electron chi connectivity index (χ2n) is 11.2. The van der Waals surface area contributed by atoms with Gasteiger partial charge in [-0.1, -0.05) is 6.42 Å². The molecule has 2 saturated heterocycles. The summed E-state index contributed by atoms with van der Waals surface area (Å²) in [7, 11) is 0. The largest absolute Gasteiger partial charge is 0.444 e. The summed E-state index contributed by atoms with van der Waals surface area (Å²) >= 11 is 1.61. The van der Waals surface area contributed by atoms with Gasteiger partial charge in [0.05, 0.1) is 17.7 Å². The van der Waals surface area contributed by atoms with Gasteiger partial charge in [0.25, 0.3) is 0 Å². The molecular formula is C29H41F6N5O4S. The van der Waals surface area contributed by atoms with E-state index in [4.69, 9.17) is 16.2 Å². The highest BCUT2D eigenvalue weighted by Crippen LogP contribution is 2.37. The number of nitrogens with two attached hydrogens (primary N) is 2. The van der Waals surface area contributed by atoms with Crippen LogP contribution < -0.4 is 11.5 Å². The van der Waals surface area contributed by atoms with Gasteiger partial charge in [-0.15, -0.1) is 0 Å². The number of fused-ring (bicyclic) bond motifs is 1. The van der Waals surface area contributed by atoms with E-state index in [1.54, 1.807) is 16.7 Å². The number of alkyl halides is 6. The fraction of sp³-hybridized carbons (Fsp3) is 0.690. The summed E-state index contributed by atoms with van der Waals surface area (Å²) in [6.07, 6.45) is -6.54. The lowest BCUT2D eigenvalue weighted by Gasteiger charge is -2.54. The van der Waals surface area contributed by atoms with E-state index in [2.05, 4.69) is 0 Å². The number of benzene rings is 1. The number of ether oxygens (including phenoxy) is 1. The first kappa shape index (κ1) is 36.7. The Bertz CT molecular complexity index is 1140. The van der Waals surface area contributed by atoms with Gasteiger partial charge in [-0.05, 0) is 87.4 Å². The van der Waals surface area contributed by atoms with Crippen molar-refractivity contribution in [3.63, 3.8) is 0 Å². The molecule has 254 valence electrons. The monoisotopic (exact) mass is 669 g/mol. The molecule has 3 amide bonds. The highest BCUT2D eigenvalue weighted by molar-refractivity contribution is 7.98. The molecule has 0 bridgehead atoms. The van der Waals surface area contributed by atoms with Crippen LogP contribution in [-0.2, 0) is 33.3 Å². The van der Waals surface area contributed by atoms with Crippen LogP contribution in [0.5, 0.6) is 0 Å². The van der Waals surface area contributed by atoms with E-state index in [9.17, 15) is 40.7 Å². The first-order valence-electron chi connectivity index (χ1n) is 14.9. The Labute approximate surface area is 262 Å². The summed E-state index contributed by atoms with van der Waals surface area (Å²) in [6.45, 7) is 0.282. The van der Waals surface area contributed by atoms with Crippen molar-refractivity contribution in [2.75, 3.05) is 38.2 Å². The number of amides is 3. The summed E-state index contributed by atoms with van der Waals surface area (Å²) in [4.78, 5) is 45.2. The van der Waals surface area contributed by atoms with Crippen molar-refractivity contribution in [1.29, 1.82) is 0 Å². The van der Waals surface area contributed by atoms with Gasteiger partial charge >= 0.3 is 18.4 Å². The van der Waals surface area contributed by atoms with Crippen LogP contribution in [0.4, 0.5) is 31.1 Å². The lowest BCUT2D eigenvalue weighted by atomic mass is 9.94. The zero-order valence-electron chi connectivity index (χ0n) is 25.2. The molecular weight excluding hydrogens is 628 g/mol. The van der Waals surface area contributed by atoms with E-state index in [0.29, 0.717) is 76.7 Å². The molecule has 2 unspecified atom stereocenters. The van der Waals surface area contributed by atoms with Crippen LogP contribution in [0.2, 0.25) is 0 Å². The number of hydrogen-bond donors (Lipinski definition) is 2. The molecule has 2 heterocycles. The number of halogens is 6. The molecule has 4 N–H and O–H groups in total. The minimum absolute atomic E-state index is 0.00238. The second-order valence-corrected chi connectivity index (χ2v) is 12.2. The molecule has 1 aromatic rings. The van der Waals surface area contributed by atoms with E-state index in [0.717, 1.165) is 5.75 Å². The first-order valence-corrected chi connectivity index (χ1v) is 16.3. The Hall–Kier alpha value is -2.72. The fourth-order valence-electron chi connectivity index (χ4n) is 5.83. The summed E-state index contributed by atoms with van der Waals surface area (Å²) < 4.78 is 85.8. The molecule has 16 heteroatoms. The zero-order chi connectivity index (χ0) is 33.4. The van der Waals surface area contributed by atoms with Gasteiger partial charge in [-0.2, -0.15) is 38.1 Å². The van der Waals surface area contributed by atoms with Crippen molar-refractivity contribution in [3.05, 3.63) is 34.9 Å². The Morgan fingerprint density at radius 3 is 2.09 bits per heavy atom. The normalized spacial score (nSPS) is 20.9. The molecule has 0 saturated carbocycles. The molecule has 3 rings (SSSR count). The van der Waals surface area contributed by atoms with Crippen molar-refractivity contribution in [2.45, 2.75) is 88.6 Å². The maximum absolute atomic E-state index is 13.7. The number of thioether (sulfide) groups is 1. The Morgan fingerprint density at radius 1 is 0.933 bits per heavy atom. The predicted octanol–water partition coefficient (Wildman–Crippen LogP) is 4.81. The van der Waals surface area contributed by atoms with E-state index < -0.39 is 60.0 Å². The Kier molecular flexibility index (Phi) is 13.2. The zero-order valence-corrected chi connectivity index (χ0v) is 26.0. The molecule has 2 aliphatic heterocycles. The number of carbonyl (C=O) groups excluding carboxylic acids is 3. The van der Waals surface area contributed by atoms with Gasteiger partial charge in [-0.25, -0.2) is 4.79 Å². The number of piperazine rings is 1.